The van der Waals surface area contributed by atoms with E-state index in [-0.39, 0.29) is 0 Å². The Balaban J connectivity index is 1.99. The first-order valence-electron chi connectivity index (χ1n) is 9.58. The van der Waals surface area contributed by atoms with Crippen LogP contribution in [0.1, 0.15) is 65.7 Å². The van der Waals surface area contributed by atoms with Gasteiger partial charge in [-0.2, -0.15) is 0 Å². The molecule has 3 aliphatic carbocycles. The van der Waals surface area contributed by atoms with Crippen LogP contribution >= 0.6 is 0 Å². The standard InChI is InChI=1S/C21H34OSi/c1-21(2,3)15-10-11-16-14(12-15)8-7-9-17-18(16)13-19(22)20(17)23(4,5)6/h14-15H,7-13H2,1-6H3/t14-,15-/m0/s1. The molecule has 2 heteroatoms. The molecule has 0 unspecified atom stereocenters. The Morgan fingerprint density at radius 1 is 1.00 bits per heavy atom. The predicted molar refractivity (Wildman–Crippen MR) is 101 cm³/mol. The molecule has 0 aliphatic heterocycles. The highest BCUT2D eigenvalue weighted by Crippen LogP contribution is 2.50. The summed E-state index contributed by atoms with van der Waals surface area (Å²) >= 11 is 0. The number of ketones is 1. The van der Waals surface area contributed by atoms with Gasteiger partial charge in [0.2, 0.25) is 0 Å². The third-order valence-electron chi connectivity index (χ3n) is 6.45. The number of carbonyl (C=O) groups is 1. The van der Waals surface area contributed by atoms with Crippen molar-refractivity contribution >= 4 is 13.9 Å². The first-order valence-corrected chi connectivity index (χ1v) is 13.1. The second-order valence-electron chi connectivity index (χ2n) is 10.1. The zero-order valence-corrected chi connectivity index (χ0v) is 17.0. The zero-order valence-electron chi connectivity index (χ0n) is 16.0. The van der Waals surface area contributed by atoms with E-state index in [2.05, 4.69) is 40.4 Å². The van der Waals surface area contributed by atoms with Crippen LogP contribution in [0.2, 0.25) is 19.6 Å². The molecule has 3 aliphatic rings. The van der Waals surface area contributed by atoms with E-state index < -0.39 is 8.07 Å². The Morgan fingerprint density at radius 2 is 1.70 bits per heavy atom. The maximum atomic E-state index is 12.7. The van der Waals surface area contributed by atoms with Crippen molar-refractivity contribution in [2.24, 2.45) is 17.3 Å². The monoisotopic (exact) mass is 330 g/mol. The molecule has 1 nitrogen and oxygen atoms in total. The topological polar surface area (TPSA) is 17.1 Å². The lowest BCUT2D eigenvalue weighted by Crippen LogP contribution is -2.28. The minimum absolute atomic E-state index is 0.427. The van der Waals surface area contributed by atoms with Crippen molar-refractivity contribution in [3.63, 3.8) is 0 Å². The number of fused-ring (bicyclic) bond motifs is 2. The Labute approximate surface area is 143 Å². The molecule has 23 heavy (non-hydrogen) atoms. The van der Waals surface area contributed by atoms with Crippen LogP contribution in [0.4, 0.5) is 0 Å². The van der Waals surface area contributed by atoms with Crippen molar-refractivity contribution in [2.45, 2.75) is 85.4 Å². The van der Waals surface area contributed by atoms with Gasteiger partial charge >= 0.3 is 0 Å². The van der Waals surface area contributed by atoms with E-state index in [1.165, 1.54) is 54.9 Å². The third kappa shape index (κ3) is 3.16. The molecule has 0 aromatic heterocycles. The minimum Gasteiger partial charge on any atom is -0.295 e. The van der Waals surface area contributed by atoms with Gasteiger partial charge in [-0.3, -0.25) is 4.79 Å². The highest BCUT2D eigenvalue weighted by atomic mass is 28.3. The second kappa shape index (κ2) is 5.72. The first kappa shape index (κ1) is 17.2. The molecule has 1 fully saturated rings. The summed E-state index contributed by atoms with van der Waals surface area (Å²) in [7, 11) is -1.52. The quantitative estimate of drug-likeness (QED) is 0.533. The minimum atomic E-state index is -1.52. The third-order valence-corrected chi connectivity index (χ3v) is 8.53. The van der Waals surface area contributed by atoms with E-state index in [4.69, 9.17) is 0 Å². The number of hydrogen-bond donors (Lipinski definition) is 0. The summed E-state index contributed by atoms with van der Waals surface area (Å²) in [5.41, 5.74) is 5.15. The fourth-order valence-electron chi connectivity index (χ4n) is 5.27. The fourth-order valence-corrected chi connectivity index (χ4v) is 7.37. The van der Waals surface area contributed by atoms with Crippen molar-refractivity contribution in [1.29, 1.82) is 0 Å². The van der Waals surface area contributed by atoms with Crippen molar-refractivity contribution in [2.75, 3.05) is 0 Å². The summed E-state index contributed by atoms with van der Waals surface area (Å²) < 4.78 is 0. The number of allylic oxidation sites excluding steroid dienone is 4. The lowest BCUT2D eigenvalue weighted by molar-refractivity contribution is -0.114. The summed E-state index contributed by atoms with van der Waals surface area (Å²) in [6.07, 6.45) is 8.46. The molecule has 0 saturated heterocycles. The second-order valence-corrected chi connectivity index (χ2v) is 15.1. The van der Waals surface area contributed by atoms with Crippen molar-refractivity contribution < 1.29 is 4.79 Å². The molecular formula is C21H34OSi. The van der Waals surface area contributed by atoms with Gasteiger partial charge in [-0.25, -0.2) is 0 Å². The lowest BCUT2D eigenvalue weighted by Gasteiger charge is -2.39. The van der Waals surface area contributed by atoms with Gasteiger partial charge in [-0.15, -0.1) is 0 Å². The normalized spacial score (nSPS) is 29.6. The van der Waals surface area contributed by atoms with Crippen LogP contribution in [0.3, 0.4) is 0 Å². The van der Waals surface area contributed by atoms with Gasteiger partial charge in [0.05, 0.1) is 8.07 Å². The van der Waals surface area contributed by atoms with Gasteiger partial charge in [-0.1, -0.05) is 46.0 Å². The van der Waals surface area contributed by atoms with Crippen LogP contribution in [-0.2, 0) is 4.79 Å². The van der Waals surface area contributed by atoms with Crippen LogP contribution in [-0.4, -0.2) is 13.9 Å². The average molecular weight is 331 g/mol. The Kier molecular flexibility index (Phi) is 4.28. The molecule has 0 aromatic carbocycles. The Bertz CT molecular complexity index is 580. The van der Waals surface area contributed by atoms with E-state index >= 15 is 0 Å². The lowest BCUT2D eigenvalue weighted by atomic mass is 9.66. The van der Waals surface area contributed by atoms with Gasteiger partial charge in [-0.05, 0) is 72.1 Å². The predicted octanol–water partition coefficient (Wildman–Crippen LogP) is 6.08. The number of rotatable bonds is 1. The Hall–Kier alpha value is -0.633. The molecule has 0 radical (unpaired) electrons. The Morgan fingerprint density at radius 3 is 2.30 bits per heavy atom. The number of hydrogen-bond acceptors (Lipinski definition) is 1. The molecule has 3 rings (SSSR count). The molecule has 0 bridgehead atoms. The van der Waals surface area contributed by atoms with E-state index in [1.54, 1.807) is 5.57 Å². The SMILES string of the molecule is CC(C)(C)[C@H]1CCC2=C3CC(=O)C([Si](C)(C)C)=C3CCC[C@H]2C1. The molecule has 0 spiro atoms. The molecule has 1 saturated carbocycles. The van der Waals surface area contributed by atoms with E-state index in [9.17, 15) is 4.79 Å². The highest BCUT2D eigenvalue weighted by molar-refractivity contribution is 6.87. The molecule has 0 heterocycles. The smallest absolute Gasteiger partial charge is 0.159 e. The summed E-state index contributed by atoms with van der Waals surface area (Å²) in [4.78, 5) is 12.7. The van der Waals surface area contributed by atoms with E-state index in [0.717, 1.165) is 18.3 Å². The molecule has 0 amide bonds. The van der Waals surface area contributed by atoms with Crippen LogP contribution < -0.4 is 0 Å². The van der Waals surface area contributed by atoms with Gasteiger partial charge in [0, 0.05) is 6.42 Å². The summed E-state index contributed by atoms with van der Waals surface area (Å²) in [6.45, 7) is 14.2. The van der Waals surface area contributed by atoms with Gasteiger partial charge in [0.25, 0.3) is 0 Å². The maximum absolute atomic E-state index is 12.7. The largest absolute Gasteiger partial charge is 0.295 e. The van der Waals surface area contributed by atoms with Crippen molar-refractivity contribution in [1.82, 2.24) is 0 Å². The van der Waals surface area contributed by atoms with Crippen LogP contribution in [0.5, 0.6) is 0 Å². The first-order chi connectivity index (χ1) is 10.6. The number of carbonyl (C=O) groups excluding carboxylic acids is 1. The summed E-state index contributed by atoms with van der Waals surface area (Å²) in [5.74, 6) is 2.07. The molecule has 0 aromatic rings. The zero-order chi connectivity index (χ0) is 17.0. The van der Waals surface area contributed by atoms with E-state index in [1.807, 2.05) is 0 Å². The number of Topliss-reactive ketones (excluding diaryl/α,β-unsaturated/α-hetero) is 1. The highest BCUT2D eigenvalue weighted by Gasteiger charge is 2.41. The summed E-state index contributed by atoms with van der Waals surface area (Å²) in [6, 6.07) is 0. The van der Waals surface area contributed by atoms with Gasteiger partial charge in [0.1, 0.15) is 0 Å². The average Bonchev–Trinajstić information content (AvgIpc) is 2.64. The van der Waals surface area contributed by atoms with Crippen LogP contribution in [0, 0.1) is 17.3 Å². The molecule has 0 N–H and O–H groups in total. The fraction of sp³-hybridized carbons (Fsp3) is 0.762. The van der Waals surface area contributed by atoms with E-state index in [0.29, 0.717) is 11.2 Å². The van der Waals surface area contributed by atoms with Crippen molar-refractivity contribution in [3.8, 4) is 0 Å². The van der Waals surface area contributed by atoms with Crippen molar-refractivity contribution in [3.05, 3.63) is 21.9 Å². The maximum Gasteiger partial charge on any atom is 0.159 e. The van der Waals surface area contributed by atoms with Gasteiger partial charge < -0.3 is 0 Å². The van der Waals surface area contributed by atoms with Crippen LogP contribution in [0.25, 0.3) is 0 Å². The molecule has 2 atom stereocenters. The molecule has 128 valence electrons. The van der Waals surface area contributed by atoms with Gasteiger partial charge in [0.15, 0.2) is 5.78 Å². The molecular weight excluding hydrogens is 296 g/mol. The van der Waals surface area contributed by atoms with Crippen LogP contribution in [0.15, 0.2) is 21.9 Å². The summed E-state index contributed by atoms with van der Waals surface area (Å²) in [5, 5.41) is 1.29.